The highest BCUT2D eigenvalue weighted by Crippen LogP contribution is 2.28. The van der Waals surface area contributed by atoms with Crippen LogP contribution in [-0.2, 0) is 9.53 Å². The lowest BCUT2D eigenvalue weighted by atomic mass is 9.96. The first-order valence-corrected chi connectivity index (χ1v) is 10.3. The summed E-state index contributed by atoms with van der Waals surface area (Å²) in [4.78, 5) is 26.6. The van der Waals surface area contributed by atoms with Crippen LogP contribution in [0.1, 0.15) is 45.0 Å². The van der Waals surface area contributed by atoms with Gasteiger partial charge in [-0.3, -0.25) is 14.5 Å². The average Bonchev–Trinajstić information content (AvgIpc) is 2.66. The fourth-order valence-corrected chi connectivity index (χ4v) is 2.95. The van der Waals surface area contributed by atoms with Gasteiger partial charge in [0.2, 0.25) is 0 Å². The maximum absolute atomic E-state index is 12.8. The van der Waals surface area contributed by atoms with Crippen LogP contribution in [0, 0.1) is 5.92 Å². The van der Waals surface area contributed by atoms with Gasteiger partial charge in [0.25, 0.3) is 0 Å². The molecule has 5 nitrogen and oxygen atoms in total. The molecule has 0 amide bonds. The number of Topliss-reactive ketones (excluding diaryl/α,β-unsaturated/α-hetero) is 1. The fourth-order valence-electron chi connectivity index (χ4n) is 2.95. The highest BCUT2D eigenvalue weighted by Gasteiger charge is 2.19. The van der Waals surface area contributed by atoms with E-state index in [1.165, 1.54) is 0 Å². The Labute approximate surface area is 180 Å². The molecule has 0 aromatic heterocycles. The van der Waals surface area contributed by atoms with Gasteiger partial charge >= 0.3 is 5.97 Å². The molecule has 0 fully saturated rings. The van der Waals surface area contributed by atoms with E-state index in [-0.39, 0.29) is 24.2 Å². The van der Waals surface area contributed by atoms with E-state index in [2.05, 4.69) is 0 Å². The molecule has 162 valence electrons. The summed E-state index contributed by atoms with van der Waals surface area (Å²) in [5.41, 5.74) is 2.12. The molecule has 2 rings (SSSR count). The number of hydrogen-bond acceptors (Lipinski definition) is 5. The van der Waals surface area contributed by atoms with Gasteiger partial charge in [-0.05, 0) is 51.1 Å². The summed E-state index contributed by atoms with van der Waals surface area (Å²) < 4.78 is 11.3. The van der Waals surface area contributed by atoms with Gasteiger partial charge in [0.1, 0.15) is 18.0 Å². The number of rotatable bonds is 9. The summed E-state index contributed by atoms with van der Waals surface area (Å²) >= 11 is 0. The van der Waals surface area contributed by atoms with Gasteiger partial charge in [-0.15, -0.1) is 0 Å². The third-order valence-corrected chi connectivity index (χ3v) is 4.43. The van der Waals surface area contributed by atoms with Crippen molar-refractivity contribution in [2.45, 2.75) is 40.2 Å². The van der Waals surface area contributed by atoms with Gasteiger partial charge in [-0.2, -0.15) is 0 Å². The van der Waals surface area contributed by atoms with E-state index >= 15 is 0 Å². The smallest absolute Gasteiger partial charge is 0.320 e. The van der Waals surface area contributed by atoms with Gasteiger partial charge < -0.3 is 9.47 Å². The Morgan fingerprint density at radius 2 is 1.67 bits per heavy atom. The lowest BCUT2D eigenvalue weighted by Crippen LogP contribution is -2.34. The van der Waals surface area contributed by atoms with Gasteiger partial charge in [-0.1, -0.05) is 50.2 Å². The third kappa shape index (κ3) is 7.30. The van der Waals surface area contributed by atoms with Crippen molar-refractivity contribution in [3.8, 4) is 16.9 Å². The molecule has 0 bridgehead atoms. The van der Waals surface area contributed by atoms with E-state index < -0.39 is 5.60 Å². The average molecular weight is 412 g/mol. The number of ether oxygens (including phenoxy) is 2. The Hall–Kier alpha value is -2.66. The molecule has 0 atom stereocenters. The standard InChI is InChI=1S/C25H33NO4/c1-18(2)24(28)21-16-20(19-10-8-7-9-11-19)12-13-22(21)29-15-14-26(6)17-23(27)30-25(3,4)5/h7-13,16,18H,14-15,17H2,1-6H3. The predicted octanol–water partition coefficient (Wildman–Crippen LogP) is 4.84. The highest BCUT2D eigenvalue weighted by atomic mass is 16.6. The summed E-state index contributed by atoms with van der Waals surface area (Å²) in [7, 11) is 1.84. The molecular formula is C25H33NO4. The monoisotopic (exact) mass is 411 g/mol. The zero-order valence-electron chi connectivity index (χ0n) is 18.9. The van der Waals surface area contributed by atoms with E-state index in [1.807, 2.05) is 95.1 Å². The normalized spacial score (nSPS) is 11.6. The lowest BCUT2D eigenvalue weighted by Gasteiger charge is -2.22. The van der Waals surface area contributed by atoms with E-state index in [0.717, 1.165) is 11.1 Å². The molecule has 0 heterocycles. The number of nitrogens with zero attached hydrogens (tertiary/aromatic N) is 1. The molecule has 5 heteroatoms. The van der Waals surface area contributed by atoms with Crippen molar-refractivity contribution in [1.82, 2.24) is 4.90 Å². The molecule has 2 aromatic rings. The van der Waals surface area contributed by atoms with Gasteiger partial charge in [-0.25, -0.2) is 0 Å². The zero-order chi connectivity index (χ0) is 22.3. The minimum Gasteiger partial charge on any atom is -0.491 e. The second-order valence-electron chi connectivity index (χ2n) is 8.77. The molecule has 30 heavy (non-hydrogen) atoms. The molecule has 0 radical (unpaired) electrons. The summed E-state index contributed by atoms with van der Waals surface area (Å²) in [6.45, 7) is 10.4. The van der Waals surface area contributed by atoms with Crippen LogP contribution in [0.15, 0.2) is 48.5 Å². The fraction of sp³-hybridized carbons (Fsp3) is 0.440. The SMILES string of the molecule is CC(C)C(=O)c1cc(-c2ccccc2)ccc1OCCN(C)CC(=O)OC(C)(C)C. The summed E-state index contributed by atoms with van der Waals surface area (Å²) in [6, 6.07) is 15.7. The van der Waals surface area contributed by atoms with E-state index in [1.54, 1.807) is 0 Å². The second-order valence-corrected chi connectivity index (χ2v) is 8.77. The molecule has 0 saturated heterocycles. The summed E-state index contributed by atoms with van der Waals surface area (Å²) in [5, 5.41) is 0. The van der Waals surface area contributed by atoms with Crippen LogP contribution in [0.25, 0.3) is 11.1 Å². The van der Waals surface area contributed by atoms with E-state index in [9.17, 15) is 9.59 Å². The van der Waals surface area contributed by atoms with Gasteiger partial charge in [0.05, 0.1) is 12.1 Å². The maximum Gasteiger partial charge on any atom is 0.320 e. The maximum atomic E-state index is 12.8. The molecule has 0 N–H and O–H groups in total. The van der Waals surface area contributed by atoms with Crippen molar-refractivity contribution >= 4 is 11.8 Å². The first-order valence-electron chi connectivity index (χ1n) is 10.3. The summed E-state index contributed by atoms with van der Waals surface area (Å²) in [5.74, 6) is 0.213. The highest BCUT2D eigenvalue weighted by molar-refractivity contribution is 6.01. The van der Waals surface area contributed by atoms with Crippen LogP contribution in [-0.4, -0.2) is 49.0 Å². The topological polar surface area (TPSA) is 55.8 Å². The van der Waals surface area contributed by atoms with Crippen molar-refractivity contribution in [3.05, 3.63) is 54.1 Å². The molecule has 0 aliphatic heterocycles. The number of carbonyl (C=O) groups excluding carboxylic acids is 2. The van der Waals surface area contributed by atoms with Gasteiger partial charge in [0, 0.05) is 12.5 Å². The number of ketones is 1. The number of likely N-dealkylation sites (N-methyl/N-ethyl adjacent to an activating group) is 1. The summed E-state index contributed by atoms with van der Waals surface area (Å²) in [6.07, 6.45) is 0. The lowest BCUT2D eigenvalue weighted by molar-refractivity contribution is -0.155. The molecule has 0 spiro atoms. The Kier molecular flexibility index (Phi) is 8.18. The number of carbonyl (C=O) groups is 2. The van der Waals surface area contributed by atoms with Crippen molar-refractivity contribution in [1.29, 1.82) is 0 Å². The van der Waals surface area contributed by atoms with Crippen LogP contribution in [0.5, 0.6) is 5.75 Å². The molecular weight excluding hydrogens is 378 g/mol. The Morgan fingerprint density at radius 3 is 2.27 bits per heavy atom. The number of esters is 1. The number of hydrogen-bond donors (Lipinski definition) is 0. The van der Waals surface area contributed by atoms with E-state index in [0.29, 0.717) is 24.5 Å². The zero-order valence-corrected chi connectivity index (χ0v) is 18.9. The van der Waals surface area contributed by atoms with Crippen LogP contribution < -0.4 is 4.74 Å². The Bertz CT molecular complexity index is 853. The molecule has 0 unspecified atom stereocenters. The third-order valence-electron chi connectivity index (χ3n) is 4.43. The van der Waals surface area contributed by atoms with E-state index in [4.69, 9.17) is 9.47 Å². The van der Waals surface area contributed by atoms with Crippen molar-refractivity contribution < 1.29 is 19.1 Å². The minimum absolute atomic E-state index is 0.0462. The number of benzene rings is 2. The molecule has 0 aliphatic rings. The Balaban J connectivity index is 2.06. The van der Waals surface area contributed by atoms with Crippen LogP contribution in [0.3, 0.4) is 0 Å². The Morgan fingerprint density at radius 1 is 1.00 bits per heavy atom. The second kappa shape index (κ2) is 10.4. The first kappa shape index (κ1) is 23.6. The van der Waals surface area contributed by atoms with Crippen molar-refractivity contribution in [2.75, 3.05) is 26.7 Å². The first-order chi connectivity index (χ1) is 14.1. The quantitative estimate of drug-likeness (QED) is 0.436. The van der Waals surface area contributed by atoms with Gasteiger partial charge in [0.15, 0.2) is 5.78 Å². The van der Waals surface area contributed by atoms with Crippen molar-refractivity contribution in [2.24, 2.45) is 5.92 Å². The van der Waals surface area contributed by atoms with Crippen LogP contribution in [0.4, 0.5) is 0 Å². The molecule has 2 aromatic carbocycles. The molecule has 0 aliphatic carbocycles. The minimum atomic E-state index is -0.499. The van der Waals surface area contributed by atoms with Crippen LogP contribution in [0.2, 0.25) is 0 Å². The van der Waals surface area contributed by atoms with Crippen LogP contribution >= 0.6 is 0 Å². The largest absolute Gasteiger partial charge is 0.491 e. The molecule has 0 saturated carbocycles. The van der Waals surface area contributed by atoms with Crippen molar-refractivity contribution in [3.63, 3.8) is 0 Å². The predicted molar refractivity (Wildman–Crippen MR) is 120 cm³/mol.